The quantitative estimate of drug-likeness (QED) is 0.264. The van der Waals surface area contributed by atoms with Crippen molar-refractivity contribution < 1.29 is 9.90 Å². The Morgan fingerprint density at radius 1 is 0.800 bits per heavy atom. The molecule has 0 radical (unpaired) electrons. The van der Waals surface area contributed by atoms with Crippen molar-refractivity contribution >= 4 is 5.97 Å². The minimum absolute atomic E-state index is 0.292. The third-order valence-corrected chi connectivity index (χ3v) is 5.08. The number of nitrogens with two attached hydrogens (primary N) is 2. The Kier molecular flexibility index (Phi) is 15.2. The fourth-order valence-corrected chi connectivity index (χ4v) is 3.36. The van der Waals surface area contributed by atoms with Crippen LogP contribution in [0.1, 0.15) is 104 Å². The molecule has 0 aliphatic heterocycles. The maximum atomic E-state index is 11.7. The summed E-state index contributed by atoms with van der Waals surface area (Å²) in [5, 5.41) is 9.62. The van der Waals surface area contributed by atoms with Crippen LogP contribution in [0.2, 0.25) is 0 Å². The summed E-state index contributed by atoms with van der Waals surface area (Å²) in [7, 11) is 0. The first-order valence-corrected chi connectivity index (χ1v) is 10.5. The van der Waals surface area contributed by atoms with Crippen LogP contribution in [0.4, 0.5) is 0 Å². The highest BCUT2D eigenvalue weighted by molar-refractivity contribution is 5.73. The van der Waals surface area contributed by atoms with E-state index in [4.69, 9.17) is 11.5 Å². The summed E-state index contributed by atoms with van der Waals surface area (Å²) >= 11 is 0. The Morgan fingerprint density at radius 2 is 1.20 bits per heavy atom. The summed E-state index contributed by atoms with van der Waals surface area (Å²) in [6.07, 6.45) is 13.9. The van der Waals surface area contributed by atoms with Crippen molar-refractivity contribution in [1.82, 2.24) is 4.90 Å². The van der Waals surface area contributed by atoms with Crippen LogP contribution in [-0.4, -0.2) is 34.3 Å². The number of nitrogens with zero attached hydrogens (tertiary/aromatic N) is 1. The van der Waals surface area contributed by atoms with E-state index in [2.05, 4.69) is 6.92 Å². The lowest BCUT2D eigenvalue weighted by atomic mass is 10.0. The molecule has 0 rings (SSSR count). The lowest BCUT2D eigenvalue weighted by Crippen LogP contribution is -2.58. The summed E-state index contributed by atoms with van der Waals surface area (Å²) < 4.78 is 0. The molecule has 0 spiro atoms. The molecule has 0 aromatic carbocycles. The van der Waals surface area contributed by atoms with Crippen molar-refractivity contribution in [2.75, 3.05) is 0 Å². The van der Waals surface area contributed by atoms with Gasteiger partial charge < -0.3 is 16.6 Å². The second-order valence-electron chi connectivity index (χ2n) is 7.22. The molecular formula is C20H43N3O2. The van der Waals surface area contributed by atoms with E-state index in [1.54, 1.807) is 4.90 Å². The molecule has 5 nitrogen and oxygen atoms in total. The maximum Gasteiger partial charge on any atom is 0.321 e. The number of hydrogen-bond donors (Lipinski definition) is 3. The standard InChI is InChI=1S/C20H43N3O2/c1-4-7-8-9-10-11-12-13-14-15-16-17(20(24)25)23(18(21)5-2)19(22)6-3/h17-19H,4-16,21-22H2,1-3H3,(H,24,25). The zero-order chi connectivity index (χ0) is 19.1. The van der Waals surface area contributed by atoms with E-state index in [1.807, 2.05) is 13.8 Å². The molecule has 0 bridgehead atoms. The highest BCUT2D eigenvalue weighted by Gasteiger charge is 2.31. The van der Waals surface area contributed by atoms with E-state index < -0.39 is 12.0 Å². The fourth-order valence-electron chi connectivity index (χ4n) is 3.36. The molecule has 0 heterocycles. The number of hydrogen-bond acceptors (Lipinski definition) is 4. The van der Waals surface area contributed by atoms with Crippen LogP contribution in [0.3, 0.4) is 0 Å². The molecule has 25 heavy (non-hydrogen) atoms. The summed E-state index contributed by atoms with van der Waals surface area (Å²) in [5.41, 5.74) is 12.3. The van der Waals surface area contributed by atoms with Crippen LogP contribution < -0.4 is 11.5 Å². The number of aliphatic carboxylic acids is 1. The van der Waals surface area contributed by atoms with Crippen LogP contribution in [-0.2, 0) is 4.79 Å². The minimum atomic E-state index is -0.802. The highest BCUT2D eigenvalue weighted by Crippen LogP contribution is 2.18. The largest absolute Gasteiger partial charge is 0.480 e. The second kappa shape index (κ2) is 15.6. The first-order valence-electron chi connectivity index (χ1n) is 10.5. The highest BCUT2D eigenvalue weighted by atomic mass is 16.4. The Morgan fingerprint density at radius 3 is 1.56 bits per heavy atom. The molecule has 150 valence electrons. The lowest BCUT2D eigenvalue weighted by molar-refractivity contribution is -0.146. The SMILES string of the molecule is CCCCCCCCCCCCC(C(=O)O)N(C(N)CC)C(N)CC. The second-order valence-corrected chi connectivity index (χ2v) is 7.22. The molecule has 0 aromatic heterocycles. The molecule has 0 aliphatic carbocycles. The van der Waals surface area contributed by atoms with Crippen molar-refractivity contribution in [1.29, 1.82) is 0 Å². The predicted molar refractivity (Wildman–Crippen MR) is 106 cm³/mol. The number of carbonyl (C=O) groups is 1. The molecule has 0 saturated carbocycles. The molecule has 0 saturated heterocycles. The van der Waals surface area contributed by atoms with Crippen molar-refractivity contribution in [3.05, 3.63) is 0 Å². The molecule has 3 unspecified atom stereocenters. The zero-order valence-electron chi connectivity index (χ0n) is 16.9. The van der Waals surface area contributed by atoms with E-state index in [0.29, 0.717) is 19.3 Å². The van der Waals surface area contributed by atoms with Gasteiger partial charge >= 0.3 is 5.97 Å². The summed E-state index contributed by atoms with van der Waals surface area (Å²) in [6.45, 7) is 6.19. The van der Waals surface area contributed by atoms with Gasteiger partial charge in [-0.25, -0.2) is 0 Å². The molecule has 0 fully saturated rings. The van der Waals surface area contributed by atoms with Crippen molar-refractivity contribution in [2.45, 2.75) is 123 Å². The molecule has 0 aromatic rings. The Hall–Kier alpha value is -0.650. The molecule has 0 amide bonds. The van der Waals surface area contributed by atoms with E-state index in [9.17, 15) is 9.90 Å². The zero-order valence-corrected chi connectivity index (χ0v) is 16.9. The monoisotopic (exact) mass is 357 g/mol. The molecular weight excluding hydrogens is 314 g/mol. The van der Waals surface area contributed by atoms with Gasteiger partial charge in [0.25, 0.3) is 0 Å². The van der Waals surface area contributed by atoms with Gasteiger partial charge in [0.05, 0.1) is 12.3 Å². The third kappa shape index (κ3) is 10.8. The Balaban J connectivity index is 4.12. The number of carboxylic acids is 1. The smallest absolute Gasteiger partial charge is 0.321 e. The molecule has 0 aliphatic rings. The van der Waals surface area contributed by atoms with Gasteiger partial charge in [-0.05, 0) is 19.3 Å². The summed E-state index contributed by atoms with van der Waals surface area (Å²) in [6, 6.07) is -0.570. The van der Waals surface area contributed by atoms with Crippen molar-refractivity contribution in [3.63, 3.8) is 0 Å². The third-order valence-electron chi connectivity index (χ3n) is 5.08. The summed E-state index contributed by atoms with van der Waals surface area (Å²) in [4.78, 5) is 13.5. The van der Waals surface area contributed by atoms with E-state index in [1.165, 1.54) is 51.4 Å². The van der Waals surface area contributed by atoms with Gasteiger partial charge in [-0.2, -0.15) is 0 Å². The molecule has 5 N–H and O–H groups in total. The van der Waals surface area contributed by atoms with Crippen molar-refractivity contribution in [2.24, 2.45) is 11.5 Å². The predicted octanol–water partition coefficient (Wildman–Crippen LogP) is 4.44. The molecule has 3 atom stereocenters. The van der Waals surface area contributed by atoms with Gasteiger partial charge in [0, 0.05) is 0 Å². The fraction of sp³-hybridized carbons (Fsp3) is 0.950. The molecule has 5 heteroatoms. The van der Waals surface area contributed by atoms with Gasteiger partial charge in [0.15, 0.2) is 0 Å². The van der Waals surface area contributed by atoms with Gasteiger partial charge in [-0.15, -0.1) is 0 Å². The van der Waals surface area contributed by atoms with Crippen LogP contribution in [0.15, 0.2) is 0 Å². The van der Waals surface area contributed by atoms with Gasteiger partial charge in [-0.1, -0.05) is 85.0 Å². The Labute approximate surface area is 155 Å². The topological polar surface area (TPSA) is 92.6 Å². The summed E-state index contributed by atoms with van der Waals surface area (Å²) in [5.74, 6) is -0.802. The van der Waals surface area contributed by atoms with E-state index in [-0.39, 0.29) is 12.3 Å². The van der Waals surface area contributed by atoms with Crippen LogP contribution >= 0.6 is 0 Å². The average Bonchev–Trinajstić information content (AvgIpc) is 2.60. The normalized spacial score (nSPS) is 15.3. The van der Waals surface area contributed by atoms with E-state index in [0.717, 1.165) is 12.8 Å². The minimum Gasteiger partial charge on any atom is -0.480 e. The maximum absolute atomic E-state index is 11.7. The van der Waals surface area contributed by atoms with Gasteiger partial charge in [-0.3, -0.25) is 9.69 Å². The van der Waals surface area contributed by atoms with Crippen LogP contribution in [0.25, 0.3) is 0 Å². The number of carboxylic acid groups (broad SMARTS) is 1. The van der Waals surface area contributed by atoms with Crippen molar-refractivity contribution in [3.8, 4) is 0 Å². The van der Waals surface area contributed by atoms with Gasteiger partial charge in [0.1, 0.15) is 6.04 Å². The average molecular weight is 358 g/mol. The number of rotatable bonds is 17. The first-order chi connectivity index (χ1) is 12.0. The number of unbranched alkanes of at least 4 members (excludes halogenated alkanes) is 9. The van der Waals surface area contributed by atoms with Gasteiger partial charge in [0.2, 0.25) is 0 Å². The first kappa shape index (κ1) is 24.4. The van der Waals surface area contributed by atoms with Crippen LogP contribution in [0, 0.1) is 0 Å². The van der Waals surface area contributed by atoms with E-state index >= 15 is 0 Å². The lowest BCUT2D eigenvalue weighted by Gasteiger charge is -2.37. The Bertz CT molecular complexity index is 316. The van der Waals surface area contributed by atoms with Crippen LogP contribution in [0.5, 0.6) is 0 Å².